The number of para-hydroxylation sites is 2. The fraction of sp³-hybridized carbons (Fsp3) is 0.133. The summed E-state index contributed by atoms with van der Waals surface area (Å²) in [5.74, 6) is 1.61. The third kappa shape index (κ3) is 5.09. The van der Waals surface area contributed by atoms with E-state index in [0.717, 1.165) is 66.0 Å². The van der Waals surface area contributed by atoms with Gasteiger partial charge in [0, 0.05) is 38.1 Å². The van der Waals surface area contributed by atoms with Gasteiger partial charge in [-0.15, -0.1) is 0 Å². The molecule has 256 valence electrons. The summed E-state index contributed by atoms with van der Waals surface area (Å²) in [6, 6.07) is 44.9. The lowest BCUT2D eigenvalue weighted by atomic mass is 9.76. The minimum absolute atomic E-state index is 0.503. The van der Waals surface area contributed by atoms with Gasteiger partial charge in [0.15, 0.2) is 17.5 Å². The Labute approximate surface area is 306 Å². The third-order valence-electron chi connectivity index (χ3n) is 10.8. The fourth-order valence-electron chi connectivity index (χ4n) is 7.34. The Morgan fingerprint density at radius 2 is 1.04 bits per heavy atom. The molecule has 0 atom stereocenters. The summed E-state index contributed by atoms with van der Waals surface area (Å²) in [5.41, 5.74) is 7.39. The van der Waals surface area contributed by atoms with E-state index in [4.69, 9.17) is 33.1 Å². The van der Waals surface area contributed by atoms with Gasteiger partial charge < -0.3 is 18.1 Å². The number of aromatic nitrogens is 3. The zero-order valence-electron chi connectivity index (χ0n) is 29.8. The van der Waals surface area contributed by atoms with Gasteiger partial charge in [0.25, 0.3) is 0 Å². The van der Waals surface area contributed by atoms with Crippen LogP contribution >= 0.6 is 0 Å². The van der Waals surface area contributed by atoms with Crippen molar-refractivity contribution in [1.29, 1.82) is 0 Å². The molecule has 0 aliphatic carbocycles. The van der Waals surface area contributed by atoms with Gasteiger partial charge in [-0.2, -0.15) is 0 Å². The van der Waals surface area contributed by atoms with Gasteiger partial charge in [-0.05, 0) is 63.1 Å². The molecule has 6 aromatic carbocycles. The minimum Gasteiger partial charge on any atom is -0.456 e. The first-order valence-corrected chi connectivity index (χ1v) is 17.9. The van der Waals surface area contributed by atoms with E-state index in [1.165, 1.54) is 0 Å². The highest BCUT2D eigenvalue weighted by molar-refractivity contribution is 6.65. The molecule has 1 saturated heterocycles. The van der Waals surface area contributed by atoms with Gasteiger partial charge >= 0.3 is 7.12 Å². The second kappa shape index (κ2) is 11.7. The van der Waals surface area contributed by atoms with E-state index in [9.17, 15) is 0 Å². The van der Waals surface area contributed by atoms with Crippen molar-refractivity contribution in [3.05, 3.63) is 133 Å². The molecule has 0 bridgehead atoms. The molecule has 0 saturated carbocycles. The summed E-state index contributed by atoms with van der Waals surface area (Å²) in [6.07, 6.45) is 0. The maximum Gasteiger partial charge on any atom is 0.498 e. The van der Waals surface area contributed by atoms with Gasteiger partial charge in [-0.25, -0.2) is 15.0 Å². The molecule has 53 heavy (non-hydrogen) atoms. The summed E-state index contributed by atoms with van der Waals surface area (Å²) >= 11 is 0. The number of benzene rings is 6. The lowest BCUT2D eigenvalue weighted by Gasteiger charge is -2.32. The Morgan fingerprint density at radius 3 is 1.79 bits per heavy atom. The van der Waals surface area contributed by atoms with Crippen LogP contribution in [0.3, 0.4) is 0 Å². The molecule has 1 aliphatic heterocycles. The molecule has 0 unspecified atom stereocenters. The molecule has 8 heteroatoms. The summed E-state index contributed by atoms with van der Waals surface area (Å²) in [4.78, 5) is 15.4. The van der Waals surface area contributed by atoms with Crippen molar-refractivity contribution in [2.75, 3.05) is 0 Å². The summed E-state index contributed by atoms with van der Waals surface area (Å²) in [7, 11) is -0.631. The van der Waals surface area contributed by atoms with E-state index in [0.29, 0.717) is 28.6 Å². The largest absolute Gasteiger partial charge is 0.498 e. The molecule has 1 fully saturated rings. The van der Waals surface area contributed by atoms with E-state index in [2.05, 4.69) is 76.2 Å². The first-order chi connectivity index (χ1) is 25.7. The highest BCUT2D eigenvalue weighted by Crippen LogP contribution is 2.42. The lowest BCUT2D eigenvalue weighted by molar-refractivity contribution is 0.00578. The molecule has 0 N–H and O–H groups in total. The van der Waals surface area contributed by atoms with Crippen LogP contribution in [0.2, 0.25) is 0 Å². The van der Waals surface area contributed by atoms with Crippen molar-refractivity contribution in [3.8, 4) is 45.3 Å². The highest BCUT2D eigenvalue weighted by Gasteiger charge is 2.52. The number of furan rings is 2. The van der Waals surface area contributed by atoms with E-state index < -0.39 is 18.3 Å². The molecule has 10 rings (SSSR count). The molecule has 0 radical (unpaired) electrons. The number of rotatable bonds is 5. The van der Waals surface area contributed by atoms with Crippen molar-refractivity contribution >= 4 is 56.5 Å². The molecule has 0 amide bonds. The minimum atomic E-state index is -0.631. The van der Waals surface area contributed by atoms with Crippen LogP contribution in [-0.2, 0) is 9.31 Å². The molecule has 1 aliphatic rings. The highest BCUT2D eigenvalue weighted by atomic mass is 16.7. The maximum atomic E-state index is 6.94. The summed E-state index contributed by atoms with van der Waals surface area (Å²) in [6.45, 7) is 8.27. The zero-order valence-corrected chi connectivity index (χ0v) is 29.8. The van der Waals surface area contributed by atoms with E-state index in [-0.39, 0.29) is 0 Å². The van der Waals surface area contributed by atoms with Crippen molar-refractivity contribution in [2.45, 2.75) is 38.9 Å². The molecule has 3 aromatic heterocycles. The van der Waals surface area contributed by atoms with Crippen LogP contribution in [0.4, 0.5) is 0 Å². The van der Waals surface area contributed by atoms with Crippen LogP contribution in [0.5, 0.6) is 0 Å². The topological polar surface area (TPSA) is 83.4 Å². The second-order valence-corrected chi connectivity index (χ2v) is 14.6. The van der Waals surface area contributed by atoms with Gasteiger partial charge in [-0.1, -0.05) is 109 Å². The van der Waals surface area contributed by atoms with Crippen molar-refractivity contribution < 1.29 is 18.1 Å². The third-order valence-corrected chi connectivity index (χ3v) is 10.8. The Bertz CT molecular complexity index is 2850. The van der Waals surface area contributed by atoms with E-state index >= 15 is 0 Å². The molecular weight excluding hydrogens is 657 g/mol. The van der Waals surface area contributed by atoms with Crippen LogP contribution in [0, 0.1) is 0 Å². The monoisotopic (exact) mass is 691 g/mol. The van der Waals surface area contributed by atoms with Crippen LogP contribution in [0.1, 0.15) is 27.7 Å². The number of fused-ring (bicyclic) bond motifs is 6. The Hall–Kier alpha value is -6.09. The van der Waals surface area contributed by atoms with Crippen LogP contribution < -0.4 is 5.46 Å². The fourth-order valence-corrected chi connectivity index (χ4v) is 7.34. The number of hydrogen-bond donors (Lipinski definition) is 0. The second-order valence-electron chi connectivity index (χ2n) is 14.6. The predicted octanol–water partition coefficient (Wildman–Crippen LogP) is 10.6. The summed E-state index contributed by atoms with van der Waals surface area (Å²) in [5, 5.41) is 3.87. The Balaban J connectivity index is 1.23. The first kappa shape index (κ1) is 31.6. The Morgan fingerprint density at radius 1 is 0.453 bits per heavy atom. The number of nitrogens with zero attached hydrogens (tertiary/aromatic N) is 3. The molecule has 9 aromatic rings. The van der Waals surface area contributed by atoms with Crippen molar-refractivity contribution in [3.63, 3.8) is 0 Å². The average molecular weight is 692 g/mol. The van der Waals surface area contributed by atoms with Gasteiger partial charge in [0.2, 0.25) is 0 Å². The SMILES string of the molecule is CC1(C)OB(c2cc(-c3ccccc3)cc3c2oc2c(-c4nc(-c5ccccc5)nc(-c5cccc6oc7ccccc7c56)n4)cccc23)OC1(C)C. The standard InChI is InChI=1S/C45H34BN3O4/c1-44(2)45(3,4)53-46(52-44)35-26-29(27-15-7-5-8-16-27)25-34-30-20-13-22-33(39(30)51-40(34)35)43-48-41(28-17-9-6-10-18-28)47-42(49-43)32-21-14-24-37-38(32)31-19-11-12-23-36(31)50-37/h5-26H,1-4H3. The van der Waals surface area contributed by atoms with Gasteiger partial charge in [-0.3, -0.25) is 0 Å². The van der Waals surface area contributed by atoms with Gasteiger partial charge in [0.05, 0.1) is 16.8 Å². The van der Waals surface area contributed by atoms with Crippen molar-refractivity contribution in [2.24, 2.45) is 0 Å². The van der Waals surface area contributed by atoms with Crippen LogP contribution in [0.15, 0.2) is 142 Å². The average Bonchev–Trinajstić information content (AvgIpc) is 3.82. The zero-order chi connectivity index (χ0) is 35.9. The summed E-state index contributed by atoms with van der Waals surface area (Å²) < 4.78 is 26.4. The van der Waals surface area contributed by atoms with E-state index in [1.807, 2.05) is 84.9 Å². The smallest absolute Gasteiger partial charge is 0.456 e. The van der Waals surface area contributed by atoms with Crippen LogP contribution in [-0.4, -0.2) is 33.3 Å². The Kier molecular flexibility index (Phi) is 6.99. The first-order valence-electron chi connectivity index (χ1n) is 17.9. The molecular formula is C45H34BN3O4. The molecule has 7 nitrogen and oxygen atoms in total. The van der Waals surface area contributed by atoms with Crippen LogP contribution in [0.25, 0.3) is 89.2 Å². The molecule has 0 spiro atoms. The maximum absolute atomic E-state index is 6.94. The van der Waals surface area contributed by atoms with Crippen molar-refractivity contribution in [1.82, 2.24) is 15.0 Å². The lowest BCUT2D eigenvalue weighted by Crippen LogP contribution is -2.41. The normalized spacial score (nSPS) is 15.3. The quantitative estimate of drug-likeness (QED) is 0.166. The van der Waals surface area contributed by atoms with Gasteiger partial charge in [0.1, 0.15) is 22.3 Å². The number of hydrogen-bond acceptors (Lipinski definition) is 7. The molecule has 4 heterocycles. The van der Waals surface area contributed by atoms with E-state index in [1.54, 1.807) is 0 Å². The predicted molar refractivity (Wildman–Crippen MR) is 212 cm³/mol.